The van der Waals surface area contributed by atoms with Gasteiger partial charge in [-0.2, -0.15) is 4.98 Å². The number of carbonyl (C=O) groups excluding carboxylic acids is 3. The molecule has 33 heavy (non-hydrogen) atoms. The van der Waals surface area contributed by atoms with Crippen LogP contribution < -0.4 is 10.2 Å². The van der Waals surface area contributed by atoms with Crippen molar-refractivity contribution >= 4 is 29.4 Å². The number of amides is 3. The van der Waals surface area contributed by atoms with Gasteiger partial charge in [0.25, 0.3) is 11.8 Å². The fraction of sp³-hybridized carbons (Fsp3) is 0.292. The summed E-state index contributed by atoms with van der Waals surface area (Å²) in [6, 6.07) is 14.5. The molecular formula is C24H24N6O3. The van der Waals surface area contributed by atoms with Crippen LogP contribution in [0.25, 0.3) is 0 Å². The normalized spacial score (nSPS) is 16.6. The lowest BCUT2D eigenvalue weighted by molar-refractivity contribution is -0.116. The van der Waals surface area contributed by atoms with Crippen LogP contribution in [-0.4, -0.2) is 44.3 Å². The highest BCUT2D eigenvalue weighted by Gasteiger charge is 2.47. The number of fused-ring (bicyclic) bond motifs is 5. The van der Waals surface area contributed by atoms with Crippen LogP contribution >= 0.6 is 0 Å². The van der Waals surface area contributed by atoms with Gasteiger partial charge in [-0.3, -0.25) is 29.7 Å². The van der Waals surface area contributed by atoms with Crippen molar-refractivity contribution in [1.82, 2.24) is 20.1 Å². The molecule has 0 saturated heterocycles. The van der Waals surface area contributed by atoms with E-state index in [0.29, 0.717) is 35.6 Å². The molecule has 3 aromatic rings. The number of aromatic amines is 1. The van der Waals surface area contributed by atoms with Gasteiger partial charge in [0.15, 0.2) is 0 Å². The maximum absolute atomic E-state index is 13.4. The Hall–Kier alpha value is -4.01. The van der Waals surface area contributed by atoms with Crippen molar-refractivity contribution in [3.63, 3.8) is 0 Å². The van der Waals surface area contributed by atoms with Gasteiger partial charge in [0, 0.05) is 30.0 Å². The highest BCUT2D eigenvalue weighted by Crippen LogP contribution is 2.45. The molecule has 3 heterocycles. The Morgan fingerprint density at radius 2 is 1.79 bits per heavy atom. The Kier molecular flexibility index (Phi) is 5.16. The Bertz CT molecular complexity index is 1250. The van der Waals surface area contributed by atoms with Gasteiger partial charge >= 0.3 is 0 Å². The molecular weight excluding hydrogens is 420 g/mol. The zero-order valence-corrected chi connectivity index (χ0v) is 18.4. The van der Waals surface area contributed by atoms with Gasteiger partial charge < -0.3 is 4.90 Å². The van der Waals surface area contributed by atoms with E-state index in [1.54, 1.807) is 34.1 Å². The first kappa shape index (κ1) is 20.9. The van der Waals surface area contributed by atoms with E-state index < -0.39 is 6.17 Å². The molecule has 9 nitrogen and oxygen atoms in total. The van der Waals surface area contributed by atoms with Crippen LogP contribution in [0.15, 0.2) is 48.5 Å². The third kappa shape index (κ3) is 3.55. The molecule has 0 unspecified atom stereocenters. The second kappa shape index (κ2) is 8.16. The summed E-state index contributed by atoms with van der Waals surface area (Å²) in [6.07, 6.45) is 0.113. The van der Waals surface area contributed by atoms with E-state index in [-0.39, 0.29) is 36.0 Å². The summed E-state index contributed by atoms with van der Waals surface area (Å²) in [4.78, 5) is 46.6. The van der Waals surface area contributed by atoms with Crippen LogP contribution in [0.4, 0.5) is 11.6 Å². The van der Waals surface area contributed by atoms with Gasteiger partial charge in [-0.15, -0.1) is 5.10 Å². The van der Waals surface area contributed by atoms with E-state index >= 15 is 0 Å². The molecule has 1 aromatic heterocycles. The van der Waals surface area contributed by atoms with Gasteiger partial charge in [-0.05, 0) is 24.6 Å². The zero-order chi connectivity index (χ0) is 23.1. The lowest BCUT2D eigenvalue weighted by Crippen LogP contribution is -2.48. The van der Waals surface area contributed by atoms with Gasteiger partial charge in [0.2, 0.25) is 11.9 Å². The number of rotatable bonds is 6. The molecule has 2 aliphatic heterocycles. The largest absolute Gasteiger partial charge is 0.313 e. The van der Waals surface area contributed by atoms with E-state index in [0.717, 1.165) is 5.56 Å². The molecule has 0 fully saturated rings. The Balaban J connectivity index is 1.34. The lowest BCUT2D eigenvalue weighted by atomic mass is 10.0. The van der Waals surface area contributed by atoms with E-state index in [2.05, 4.69) is 20.5 Å². The number of H-pyrrole nitrogens is 1. The summed E-state index contributed by atoms with van der Waals surface area (Å²) in [5.41, 5.74) is 2.51. The fourth-order valence-electron chi connectivity index (χ4n) is 4.39. The van der Waals surface area contributed by atoms with Crippen molar-refractivity contribution in [2.75, 3.05) is 16.8 Å². The van der Waals surface area contributed by atoms with Crippen molar-refractivity contribution in [1.29, 1.82) is 0 Å². The number of benzene rings is 2. The number of nitrogens with zero attached hydrogens (tertiary/aromatic N) is 4. The summed E-state index contributed by atoms with van der Waals surface area (Å²) in [7, 11) is 0. The van der Waals surface area contributed by atoms with Gasteiger partial charge in [-0.25, -0.2) is 0 Å². The van der Waals surface area contributed by atoms with Crippen LogP contribution in [0, 0.1) is 0 Å². The number of hydrogen-bond acceptors (Lipinski definition) is 5. The maximum Gasteiger partial charge on any atom is 0.260 e. The molecule has 0 radical (unpaired) electrons. The standard InChI is InChI=1S/C24H24N6O3/c1-14(2)20-26-24(28-27-20)25-19(31)12-7-13-29-21-15-8-3-4-9-16(15)23(33)30(21)18-11-6-5-10-17(18)22(29)32/h3-6,8-11,14,21H,7,12-13H2,1-2H3,(H2,25,26,27,28,31)/t21-/m1/s1. The molecule has 0 bridgehead atoms. The number of para-hydroxylation sites is 1. The van der Waals surface area contributed by atoms with Gasteiger partial charge in [-0.1, -0.05) is 44.2 Å². The molecule has 3 amide bonds. The summed E-state index contributed by atoms with van der Waals surface area (Å²) in [5.74, 6) is 0.627. The Morgan fingerprint density at radius 3 is 2.55 bits per heavy atom. The summed E-state index contributed by atoms with van der Waals surface area (Å²) < 4.78 is 0. The summed E-state index contributed by atoms with van der Waals surface area (Å²) >= 11 is 0. The smallest absolute Gasteiger partial charge is 0.260 e. The molecule has 0 saturated carbocycles. The van der Waals surface area contributed by atoms with Crippen molar-refractivity contribution < 1.29 is 14.4 Å². The summed E-state index contributed by atoms with van der Waals surface area (Å²) in [6.45, 7) is 4.29. The van der Waals surface area contributed by atoms with Crippen LogP contribution in [-0.2, 0) is 4.79 Å². The first-order chi connectivity index (χ1) is 16.0. The Morgan fingerprint density at radius 1 is 1.06 bits per heavy atom. The highest BCUT2D eigenvalue weighted by molar-refractivity contribution is 6.16. The van der Waals surface area contributed by atoms with Crippen LogP contribution in [0.5, 0.6) is 0 Å². The quantitative estimate of drug-likeness (QED) is 0.605. The lowest BCUT2D eigenvalue weighted by Gasteiger charge is -2.41. The second-order valence-electron chi connectivity index (χ2n) is 8.50. The van der Waals surface area contributed by atoms with E-state index in [1.807, 2.05) is 38.1 Å². The molecule has 0 aliphatic carbocycles. The zero-order valence-electron chi connectivity index (χ0n) is 18.4. The van der Waals surface area contributed by atoms with Gasteiger partial charge in [0.1, 0.15) is 12.0 Å². The number of carbonyl (C=O) groups is 3. The minimum atomic E-state index is -0.513. The minimum absolute atomic E-state index is 0.121. The molecule has 168 valence electrons. The molecule has 2 aliphatic rings. The number of nitrogens with one attached hydrogen (secondary N) is 2. The van der Waals surface area contributed by atoms with Crippen molar-refractivity contribution in [2.45, 2.75) is 38.8 Å². The van der Waals surface area contributed by atoms with Crippen molar-refractivity contribution in [3.8, 4) is 0 Å². The first-order valence-electron chi connectivity index (χ1n) is 11.0. The molecule has 2 aromatic carbocycles. The third-order valence-electron chi connectivity index (χ3n) is 5.99. The van der Waals surface area contributed by atoms with E-state index in [9.17, 15) is 14.4 Å². The average molecular weight is 444 g/mol. The molecule has 2 N–H and O–H groups in total. The maximum atomic E-state index is 13.4. The topological polar surface area (TPSA) is 111 Å². The predicted molar refractivity (Wildman–Crippen MR) is 122 cm³/mol. The van der Waals surface area contributed by atoms with Crippen LogP contribution in [0.1, 0.15) is 70.9 Å². The number of anilines is 2. The highest BCUT2D eigenvalue weighted by atomic mass is 16.2. The van der Waals surface area contributed by atoms with Gasteiger partial charge in [0.05, 0.1) is 11.3 Å². The molecule has 9 heteroatoms. The van der Waals surface area contributed by atoms with Crippen molar-refractivity contribution in [3.05, 3.63) is 71.0 Å². The molecule has 1 atom stereocenters. The number of aromatic nitrogens is 3. The average Bonchev–Trinajstić information content (AvgIpc) is 3.39. The summed E-state index contributed by atoms with van der Waals surface area (Å²) in [5, 5.41) is 9.51. The Labute approximate surface area is 190 Å². The van der Waals surface area contributed by atoms with Crippen LogP contribution in [0.3, 0.4) is 0 Å². The van der Waals surface area contributed by atoms with E-state index in [4.69, 9.17) is 0 Å². The number of hydrogen-bond donors (Lipinski definition) is 2. The van der Waals surface area contributed by atoms with Crippen LogP contribution in [0.2, 0.25) is 0 Å². The SMILES string of the molecule is CC(C)c1nc(NC(=O)CCCN2C(=O)c3ccccc3N3C(=O)c4ccccc4[C@H]23)n[nH]1. The second-order valence-corrected chi connectivity index (χ2v) is 8.50. The molecule has 0 spiro atoms. The molecule has 5 rings (SSSR count). The monoisotopic (exact) mass is 444 g/mol. The fourth-order valence-corrected chi connectivity index (χ4v) is 4.39. The minimum Gasteiger partial charge on any atom is -0.313 e. The van der Waals surface area contributed by atoms with Crippen molar-refractivity contribution in [2.24, 2.45) is 0 Å². The third-order valence-corrected chi connectivity index (χ3v) is 5.99. The van der Waals surface area contributed by atoms with E-state index in [1.165, 1.54) is 0 Å². The predicted octanol–water partition coefficient (Wildman–Crippen LogP) is 3.46. The first-order valence-corrected chi connectivity index (χ1v) is 11.0.